The van der Waals surface area contributed by atoms with Crippen LogP contribution in [0.1, 0.15) is 18.0 Å². The average molecular weight is 344 g/mol. The summed E-state index contributed by atoms with van der Waals surface area (Å²) in [6, 6.07) is 6.43. The number of hydrogen-bond acceptors (Lipinski definition) is 3. The first kappa shape index (κ1) is 15.4. The first-order chi connectivity index (χ1) is 9.63. The molecule has 1 saturated heterocycles. The summed E-state index contributed by atoms with van der Waals surface area (Å²) < 4.78 is 14.1. The molecule has 20 heavy (non-hydrogen) atoms. The molecule has 0 radical (unpaired) electrons. The van der Waals surface area contributed by atoms with Crippen molar-refractivity contribution in [2.24, 2.45) is 11.7 Å². The molecule has 1 amide bonds. The van der Waals surface area contributed by atoms with Crippen molar-refractivity contribution >= 4 is 21.8 Å². The maximum atomic E-state index is 13.2. The van der Waals surface area contributed by atoms with E-state index >= 15 is 0 Å². The molecule has 4 N–H and O–H groups in total. The molecule has 3 unspecified atom stereocenters. The average Bonchev–Trinajstić information content (AvgIpc) is 2.93. The fourth-order valence-electron chi connectivity index (χ4n) is 2.39. The van der Waals surface area contributed by atoms with E-state index in [4.69, 9.17) is 5.73 Å². The van der Waals surface area contributed by atoms with E-state index in [1.165, 1.54) is 0 Å². The molecule has 1 aliphatic rings. The molecule has 4 nitrogen and oxygen atoms in total. The fourth-order valence-corrected chi connectivity index (χ4v) is 2.81. The van der Waals surface area contributed by atoms with Crippen molar-refractivity contribution in [2.75, 3.05) is 19.8 Å². The highest BCUT2D eigenvalue weighted by Gasteiger charge is 2.29. The fraction of sp³-hybridized carbons (Fsp3) is 0.500. The SMILES string of the molecule is NCC1CNC(C(=O)NC(CF)c2cccc(Br)c2)C1. The van der Waals surface area contributed by atoms with Gasteiger partial charge in [-0.1, -0.05) is 28.1 Å². The zero-order valence-electron chi connectivity index (χ0n) is 11.1. The zero-order valence-corrected chi connectivity index (χ0v) is 12.7. The third-order valence-electron chi connectivity index (χ3n) is 3.59. The van der Waals surface area contributed by atoms with Crippen LogP contribution in [0.4, 0.5) is 4.39 Å². The lowest BCUT2D eigenvalue weighted by Gasteiger charge is -2.19. The number of hydrogen-bond donors (Lipinski definition) is 3. The van der Waals surface area contributed by atoms with Crippen molar-refractivity contribution in [3.05, 3.63) is 34.3 Å². The normalized spacial score (nSPS) is 23.6. The summed E-state index contributed by atoms with van der Waals surface area (Å²) in [7, 11) is 0. The van der Waals surface area contributed by atoms with Gasteiger partial charge < -0.3 is 16.4 Å². The van der Waals surface area contributed by atoms with Gasteiger partial charge in [-0.15, -0.1) is 0 Å². The predicted octanol–water partition coefficient (Wildman–Crippen LogP) is 1.51. The summed E-state index contributed by atoms with van der Waals surface area (Å²) in [6.45, 7) is 0.677. The van der Waals surface area contributed by atoms with Gasteiger partial charge in [-0.05, 0) is 43.1 Å². The molecular formula is C14H19BrFN3O. The van der Waals surface area contributed by atoms with E-state index in [2.05, 4.69) is 26.6 Å². The van der Waals surface area contributed by atoms with Crippen LogP contribution in [0.5, 0.6) is 0 Å². The van der Waals surface area contributed by atoms with Gasteiger partial charge in [0.1, 0.15) is 6.67 Å². The summed E-state index contributed by atoms with van der Waals surface area (Å²) in [5.41, 5.74) is 6.35. The Kier molecular flexibility index (Phi) is 5.51. The summed E-state index contributed by atoms with van der Waals surface area (Å²) in [6.07, 6.45) is 0.708. The van der Waals surface area contributed by atoms with E-state index in [-0.39, 0.29) is 11.9 Å². The third kappa shape index (κ3) is 3.77. The van der Waals surface area contributed by atoms with E-state index in [1.807, 2.05) is 18.2 Å². The Morgan fingerprint density at radius 2 is 2.40 bits per heavy atom. The van der Waals surface area contributed by atoms with E-state index in [0.717, 1.165) is 16.6 Å². The van der Waals surface area contributed by atoms with Gasteiger partial charge in [0.2, 0.25) is 5.91 Å². The van der Waals surface area contributed by atoms with Gasteiger partial charge in [-0.25, -0.2) is 4.39 Å². The summed E-state index contributed by atoms with van der Waals surface area (Å²) in [5.74, 6) is 0.157. The third-order valence-corrected chi connectivity index (χ3v) is 4.09. The Labute approximate surface area is 126 Å². The second-order valence-electron chi connectivity index (χ2n) is 5.07. The highest BCUT2D eigenvalue weighted by molar-refractivity contribution is 9.10. The minimum absolute atomic E-state index is 0.163. The minimum Gasteiger partial charge on any atom is -0.345 e. The number of nitrogens with one attached hydrogen (secondary N) is 2. The molecule has 1 aromatic carbocycles. The molecule has 110 valence electrons. The Bertz CT molecular complexity index is 471. The smallest absolute Gasteiger partial charge is 0.237 e. The molecule has 0 bridgehead atoms. The van der Waals surface area contributed by atoms with E-state index in [9.17, 15) is 9.18 Å². The molecule has 0 aromatic heterocycles. The van der Waals surface area contributed by atoms with Gasteiger partial charge in [0.05, 0.1) is 12.1 Å². The van der Waals surface area contributed by atoms with E-state index in [1.54, 1.807) is 6.07 Å². The Morgan fingerprint density at radius 3 is 3.00 bits per heavy atom. The number of amides is 1. The number of halogens is 2. The number of rotatable bonds is 5. The second-order valence-corrected chi connectivity index (χ2v) is 5.98. The second kappa shape index (κ2) is 7.15. The standard InChI is InChI=1S/C14H19BrFN3O/c15-11-3-1-2-10(5-11)13(6-16)19-14(20)12-4-9(7-17)8-18-12/h1-3,5,9,12-13,18H,4,6-8,17H2,(H,19,20). The Balaban J connectivity index is 1.98. The van der Waals surface area contributed by atoms with Gasteiger partial charge >= 0.3 is 0 Å². The summed E-state index contributed by atoms with van der Waals surface area (Å²) in [5, 5.41) is 5.88. The first-order valence-electron chi connectivity index (χ1n) is 6.69. The van der Waals surface area contributed by atoms with E-state index in [0.29, 0.717) is 18.9 Å². The predicted molar refractivity (Wildman–Crippen MR) is 80.0 cm³/mol. The minimum atomic E-state index is -0.630. The van der Waals surface area contributed by atoms with Crippen LogP contribution >= 0.6 is 15.9 Å². The van der Waals surface area contributed by atoms with Crippen LogP contribution in [-0.4, -0.2) is 31.7 Å². The number of benzene rings is 1. The van der Waals surface area contributed by atoms with Crippen LogP contribution in [0, 0.1) is 5.92 Å². The molecular weight excluding hydrogens is 325 g/mol. The van der Waals surface area contributed by atoms with Crippen molar-refractivity contribution < 1.29 is 9.18 Å². The molecule has 0 saturated carbocycles. The lowest BCUT2D eigenvalue weighted by Crippen LogP contribution is -2.42. The largest absolute Gasteiger partial charge is 0.345 e. The molecule has 0 spiro atoms. The molecule has 0 aliphatic carbocycles. The van der Waals surface area contributed by atoms with E-state index < -0.39 is 12.7 Å². The van der Waals surface area contributed by atoms with Gasteiger partial charge in [-0.2, -0.15) is 0 Å². The van der Waals surface area contributed by atoms with Crippen LogP contribution in [0.25, 0.3) is 0 Å². The number of carbonyl (C=O) groups is 1. The van der Waals surface area contributed by atoms with Crippen molar-refractivity contribution in [2.45, 2.75) is 18.5 Å². The number of alkyl halides is 1. The van der Waals surface area contributed by atoms with Gasteiger partial charge in [0, 0.05) is 4.47 Å². The lowest BCUT2D eigenvalue weighted by molar-refractivity contribution is -0.123. The summed E-state index contributed by atoms with van der Waals surface area (Å²) in [4.78, 5) is 12.1. The lowest BCUT2D eigenvalue weighted by atomic mass is 10.0. The van der Waals surface area contributed by atoms with Gasteiger partial charge in [0.25, 0.3) is 0 Å². The molecule has 3 atom stereocenters. The first-order valence-corrected chi connectivity index (χ1v) is 7.48. The Hall–Kier alpha value is -0.980. The van der Waals surface area contributed by atoms with Crippen LogP contribution in [0.3, 0.4) is 0 Å². The zero-order chi connectivity index (χ0) is 14.5. The van der Waals surface area contributed by atoms with Gasteiger partial charge in [0.15, 0.2) is 0 Å². The topological polar surface area (TPSA) is 67.1 Å². The molecule has 1 fully saturated rings. The quantitative estimate of drug-likeness (QED) is 0.759. The number of nitrogens with two attached hydrogens (primary N) is 1. The molecule has 6 heteroatoms. The highest BCUT2D eigenvalue weighted by atomic mass is 79.9. The monoisotopic (exact) mass is 343 g/mol. The van der Waals surface area contributed by atoms with Crippen molar-refractivity contribution in [1.82, 2.24) is 10.6 Å². The molecule has 2 rings (SSSR count). The van der Waals surface area contributed by atoms with Crippen LogP contribution in [-0.2, 0) is 4.79 Å². The van der Waals surface area contributed by atoms with Gasteiger partial charge in [-0.3, -0.25) is 4.79 Å². The molecule has 1 aliphatic heterocycles. The van der Waals surface area contributed by atoms with Crippen molar-refractivity contribution in [3.63, 3.8) is 0 Å². The number of carbonyl (C=O) groups excluding carboxylic acids is 1. The van der Waals surface area contributed by atoms with Crippen molar-refractivity contribution in [3.8, 4) is 0 Å². The molecule has 1 heterocycles. The summed E-state index contributed by atoms with van der Waals surface area (Å²) >= 11 is 3.35. The maximum absolute atomic E-state index is 13.2. The Morgan fingerprint density at radius 1 is 1.60 bits per heavy atom. The van der Waals surface area contributed by atoms with Crippen molar-refractivity contribution in [1.29, 1.82) is 0 Å². The maximum Gasteiger partial charge on any atom is 0.237 e. The van der Waals surface area contributed by atoms with Crippen LogP contribution in [0.2, 0.25) is 0 Å². The van der Waals surface area contributed by atoms with Crippen LogP contribution < -0.4 is 16.4 Å². The highest BCUT2D eigenvalue weighted by Crippen LogP contribution is 2.20. The van der Waals surface area contributed by atoms with Crippen LogP contribution in [0.15, 0.2) is 28.7 Å². The molecule has 1 aromatic rings.